The summed E-state index contributed by atoms with van der Waals surface area (Å²) >= 11 is 2.91. The van der Waals surface area contributed by atoms with Gasteiger partial charge in [0.15, 0.2) is 0 Å². The number of para-hydroxylation sites is 1. The molecule has 2 aromatic heterocycles. The summed E-state index contributed by atoms with van der Waals surface area (Å²) in [5.74, 6) is -6.04. The number of carbonyl (C=O) groups is 5. The molecule has 4 heterocycles. The second-order valence-electron chi connectivity index (χ2n) is 11.6. The third-order valence-electron chi connectivity index (χ3n) is 7.90. The first-order valence-electron chi connectivity index (χ1n) is 15.7. The van der Waals surface area contributed by atoms with E-state index in [0.29, 0.717) is 48.7 Å². The van der Waals surface area contributed by atoms with Crippen LogP contribution in [0.25, 0.3) is 10.5 Å². The lowest BCUT2D eigenvalue weighted by molar-refractivity contribution is -0.140. The van der Waals surface area contributed by atoms with E-state index in [1.165, 1.54) is 11.8 Å². The van der Waals surface area contributed by atoms with Crippen LogP contribution >= 0.6 is 46.2 Å². The predicted octanol–water partition coefficient (Wildman–Crippen LogP) is 1.41. The van der Waals surface area contributed by atoms with E-state index in [1.807, 2.05) is 23.1 Å². The predicted molar refractivity (Wildman–Crippen MR) is 203 cm³/mol. The Hall–Kier alpha value is -5.26. The van der Waals surface area contributed by atoms with E-state index >= 15 is 0 Å². The Bertz CT molecular complexity index is 2790. The Morgan fingerprint density at radius 2 is 1.35 bits per heavy atom. The molecule has 0 unspecified atom stereocenters. The van der Waals surface area contributed by atoms with Gasteiger partial charge < -0.3 is 20.2 Å². The molecule has 2 aliphatic heterocycles. The molecule has 22 heteroatoms. The first-order chi connectivity index (χ1) is 26.0. The number of benzene rings is 2. The molecular formula is C33H26N4O13S5. The SMILES string of the molecule is O=C(O)CN1C(=O)SC(=c2s/c(=c3/sc(=C(C=C4Sc5ccccc5N4CCCS(=O)(=O)O)c4ccccc4)c(=O)n3CC(=O)O)c(=O)n2CC(=O)O)C1=O. The van der Waals surface area contributed by atoms with Crippen molar-refractivity contribution in [1.82, 2.24) is 14.0 Å². The zero-order valence-electron chi connectivity index (χ0n) is 27.8. The van der Waals surface area contributed by atoms with Gasteiger partial charge in [-0.15, -0.1) is 22.7 Å². The average molecular weight is 847 g/mol. The van der Waals surface area contributed by atoms with E-state index in [1.54, 1.807) is 42.5 Å². The molecule has 0 radical (unpaired) electrons. The van der Waals surface area contributed by atoms with Gasteiger partial charge in [-0.1, -0.05) is 54.2 Å². The Morgan fingerprint density at radius 1 is 0.727 bits per heavy atom. The van der Waals surface area contributed by atoms with E-state index in [4.69, 9.17) is 0 Å². The van der Waals surface area contributed by atoms with Crippen LogP contribution in [-0.4, -0.2) is 90.2 Å². The molecule has 1 fully saturated rings. The fraction of sp³-hybridized carbons (Fsp3) is 0.182. The lowest BCUT2D eigenvalue weighted by Gasteiger charge is -2.20. The van der Waals surface area contributed by atoms with E-state index in [9.17, 15) is 61.9 Å². The third-order valence-corrected chi connectivity index (χ3v) is 13.5. The molecule has 4 N–H and O–H groups in total. The molecule has 0 saturated carbocycles. The normalized spacial score (nSPS) is 17.2. The highest BCUT2D eigenvalue weighted by Gasteiger charge is 2.38. The molecule has 2 amide bonds. The number of hydrogen-bond acceptors (Lipinski definition) is 14. The minimum absolute atomic E-state index is 0.0229. The molecule has 1 saturated heterocycles. The van der Waals surface area contributed by atoms with Crippen molar-refractivity contribution in [1.29, 1.82) is 0 Å². The molecule has 0 bridgehead atoms. The lowest BCUT2D eigenvalue weighted by atomic mass is 10.1. The molecule has 6 rings (SSSR count). The molecular weight excluding hydrogens is 821 g/mol. The number of thiazole rings is 2. The van der Waals surface area contributed by atoms with Crippen molar-refractivity contribution in [3.63, 3.8) is 0 Å². The van der Waals surface area contributed by atoms with Crippen molar-refractivity contribution in [3.8, 4) is 0 Å². The molecule has 0 spiro atoms. The number of aliphatic carboxylic acids is 3. The zero-order valence-corrected chi connectivity index (χ0v) is 31.9. The largest absolute Gasteiger partial charge is 0.480 e. The van der Waals surface area contributed by atoms with Crippen LogP contribution in [0.2, 0.25) is 0 Å². The first-order valence-corrected chi connectivity index (χ1v) is 20.6. The van der Waals surface area contributed by atoms with Gasteiger partial charge in [-0.2, -0.15) is 8.42 Å². The monoisotopic (exact) mass is 846 g/mol. The average Bonchev–Trinajstić information content (AvgIpc) is 3.81. The highest BCUT2D eigenvalue weighted by molar-refractivity contribution is 8.23. The van der Waals surface area contributed by atoms with Gasteiger partial charge in [0.1, 0.15) is 42.9 Å². The number of thioether (sulfide) groups is 2. The van der Waals surface area contributed by atoms with Gasteiger partial charge in [0.05, 0.1) is 16.5 Å². The van der Waals surface area contributed by atoms with Crippen LogP contribution in [0, 0.1) is 9.20 Å². The van der Waals surface area contributed by atoms with E-state index in [2.05, 4.69) is 0 Å². The Morgan fingerprint density at radius 3 is 1.98 bits per heavy atom. The van der Waals surface area contributed by atoms with Crippen LogP contribution < -0.4 is 25.2 Å². The van der Waals surface area contributed by atoms with Gasteiger partial charge in [-0.25, -0.2) is 0 Å². The number of allylic oxidation sites excluding steroid dienone is 1. The fourth-order valence-corrected chi connectivity index (χ4v) is 10.7. The van der Waals surface area contributed by atoms with Gasteiger partial charge in [-0.05, 0) is 42.0 Å². The molecule has 2 aromatic carbocycles. The summed E-state index contributed by atoms with van der Waals surface area (Å²) in [7, 11) is -4.27. The summed E-state index contributed by atoms with van der Waals surface area (Å²) in [4.78, 5) is 92.1. The highest BCUT2D eigenvalue weighted by atomic mass is 32.2. The number of carbonyl (C=O) groups excluding carboxylic acids is 2. The zero-order chi connectivity index (χ0) is 39.8. The number of imide groups is 1. The lowest BCUT2D eigenvalue weighted by Crippen LogP contribution is -2.35. The van der Waals surface area contributed by atoms with Gasteiger partial charge in [0.2, 0.25) is 0 Å². The van der Waals surface area contributed by atoms with E-state index in [0.717, 1.165) is 26.5 Å². The fourth-order valence-electron chi connectivity index (χ4n) is 5.64. The maximum atomic E-state index is 14.3. The number of rotatable bonds is 12. The second kappa shape index (κ2) is 15.8. The number of anilines is 1. The summed E-state index contributed by atoms with van der Waals surface area (Å²) in [6, 6.07) is 15.8. The van der Waals surface area contributed by atoms with Crippen LogP contribution in [0.1, 0.15) is 12.0 Å². The number of aromatic nitrogens is 2. The number of fused-ring (bicyclic) bond motifs is 1. The van der Waals surface area contributed by atoms with Crippen molar-refractivity contribution in [3.05, 3.63) is 110 Å². The van der Waals surface area contributed by atoms with Crippen LogP contribution in [0.4, 0.5) is 10.5 Å². The topological polar surface area (TPSA) is 251 Å². The summed E-state index contributed by atoms with van der Waals surface area (Å²) < 4.78 is 33.1. The second-order valence-corrected chi connectivity index (χ2v) is 17.2. The maximum Gasteiger partial charge on any atom is 0.323 e. The quantitative estimate of drug-likeness (QED) is 0.147. The number of carboxylic acid groups (broad SMARTS) is 3. The number of hydrogen-bond donors (Lipinski definition) is 4. The molecule has 286 valence electrons. The number of nitrogens with zero attached hydrogens (tertiary/aromatic N) is 4. The molecule has 4 aromatic rings. The van der Waals surface area contributed by atoms with Gasteiger partial charge in [0, 0.05) is 17.0 Å². The Balaban J connectivity index is 1.69. The summed E-state index contributed by atoms with van der Waals surface area (Å²) in [6.45, 7) is -2.75. The minimum Gasteiger partial charge on any atom is -0.480 e. The van der Waals surface area contributed by atoms with E-state index < -0.39 is 80.6 Å². The van der Waals surface area contributed by atoms with Gasteiger partial charge in [-0.3, -0.25) is 52.1 Å². The van der Waals surface area contributed by atoms with Crippen LogP contribution in [0.3, 0.4) is 0 Å². The Labute approximate surface area is 324 Å². The van der Waals surface area contributed by atoms with Crippen LogP contribution in [-0.2, 0) is 42.4 Å². The van der Waals surface area contributed by atoms with Crippen molar-refractivity contribution in [2.24, 2.45) is 0 Å². The Kier molecular flexibility index (Phi) is 11.4. The van der Waals surface area contributed by atoms with Gasteiger partial charge in [0.25, 0.3) is 32.4 Å². The molecule has 0 aliphatic carbocycles. The van der Waals surface area contributed by atoms with Crippen molar-refractivity contribution in [2.75, 3.05) is 23.7 Å². The summed E-state index contributed by atoms with van der Waals surface area (Å²) in [5.41, 5.74) is -0.292. The minimum atomic E-state index is -4.27. The van der Waals surface area contributed by atoms with Gasteiger partial charge >= 0.3 is 17.9 Å². The summed E-state index contributed by atoms with van der Waals surface area (Å²) in [6.07, 6.45) is 1.72. The number of amides is 2. The van der Waals surface area contributed by atoms with Crippen molar-refractivity contribution in [2.45, 2.75) is 24.4 Å². The van der Waals surface area contributed by atoms with Crippen LogP contribution in [0.5, 0.6) is 0 Å². The molecule has 2 aliphatic rings. The first kappa shape index (κ1) is 39.4. The third kappa shape index (κ3) is 8.38. The number of carboxylic acids is 3. The standard InChI is InChI=1S/C33H26N4O13S5/c38-22(39)14-35-28(44)25(52-31(35)26-29(45)36(15-23(40)41)32(53-26)27-30(46)37(16-24(42)43)33(47)54-27)18(17-7-2-1-3-8-17)13-21-34(11-6-12-55(48,49)50)19-9-4-5-10-20(19)51-21/h1-5,7-10,13H,6,11-12,14-16H2,(H,38,39)(H,40,41)(H,42,43)(H,48,49,50)/b21-13?,25-18?,31-26+,32-27?. The van der Waals surface area contributed by atoms with Crippen molar-refractivity contribution >= 4 is 102 Å². The van der Waals surface area contributed by atoms with Crippen molar-refractivity contribution < 1.29 is 52.3 Å². The molecule has 55 heavy (non-hydrogen) atoms. The maximum absolute atomic E-state index is 14.3. The molecule has 17 nitrogen and oxygen atoms in total. The molecule has 0 atom stereocenters. The van der Waals surface area contributed by atoms with Crippen LogP contribution in [0.15, 0.2) is 80.2 Å². The smallest absolute Gasteiger partial charge is 0.323 e. The van der Waals surface area contributed by atoms with E-state index in [-0.39, 0.29) is 31.4 Å². The highest BCUT2D eigenvalue weighted by Crippen LogP contribution is 2.46. The summed E-state index contributed by atoms with van der Waals surface area (Å²) in [5, 5.41) is 28.3.